The summed E-state index contributed by atoms with van der Waals surface area (Å²) in [6.07, 6.45) is 1.78. The number of nitrogens with zero attached hydrogens (tertiary/aromatic N) is 2. The Kier molecular flexibility index (Phi) is 5.46. The molecular formula is C6H14N2O. The fourth-order valence-corrected chi connectivity index (χ4v) is 0.482. The monoisotopic (exact) mass is 130 g/mol. The molecule has 0 unspecified atom stereocenters. The van der Waals surface area contributed by atoms with Gasteiger partial charge in [0.2, 0.25) is 0 Å². The highest BCUT2D eigenvalue weighted by atomic mass is 16.5. The second-order valence-electron chi connectivity index (χ2n) is 1.86. The number of methoxy groups -OCH3 is 1. The summed E-state index contributed by atoms with van der Waals surface area (Å²) < 4.78 is 4.85. The fraction of sp³-hybridized carbons (Fsp3) is 0.833. The van der Waals surface area contributed by atoms with E-state index in [9.17, 15) is 0 Å². The maximum atomic E-state index is 4.85. The van der Waals surface area contributed by atoms with Crippen LogP contribution in [0.4, 0.5) is 0 Å². The summed E-state index contributed by atoms with van der Waals surface area (Å²) in [6.45, 7) is 3.25. The van der Waals surface area contributed by atoms with Crippen LogP contribution in [-0.4, -0.2) is 38.7 Å². The van der Waals surface area contributed by atoms with E-state index in [4.69, 9.17) is 4.74 Å². The number of hydrogen-bond donors (Lipinski definition) is 0. The van der Waals surface area contributed by atoms with Gasteiger partial charge in [0, 0.05) is 7.11 Å². The Morgan fingerprint density at radius 2 is 2.33 bits per heavy atom. The lowest BCUT2D eigenvalue weighted by atomic mass is 10.8. The van der Waals surface area contributed by atoms with E-state index in [0.29, 0.717) is 13.4 Å². The molecule has 0 aromatic rings. The minimum atomic E-state index is 0.636. The van der Waals surface area contributed by atoms with Gasteiger partial charge < -0.3 is 4.74 Å². The van der Waals surface area contributed by atoms with E-state index in [1.807, 2.05) is 18.9 Å². The van der Waals surface area contributed by atoms with Crippen molar-refractivity contribution in [1.82, 2.24) is 4.90 Å². The summed E-state index contributed by atoms with van der Waals surface area (Å²) in [5.74, 6) is 0. The van der Waals surface area contributed by atoms with E-state index in [2.05, 4.69) is 4.99 Å². The van der Waals surface area contributed by atoms with Gasteiger partial charge in [-0.25, -0.2) is 0 Å². The van der Waals surface area contributed by atoms with Crippen LogP contribution in [0.5, 0.6) is 0 Å². The Labute approximate surface area is 56.3 Å². The molecule has 0 amide bonds. The molecule has 9 heavy (non-hydrogen) atoms. The molecule has 0 fully saturated rings. The van der Waals surface area contributed by atoms with Crippen LogP contribution in [0, 0.1) is 0 Å². The highest BCUT2D eigenvalue weighted by Gasteiger charge is 1.89. The van der Waals surface area contributed by atoms with E-state index < -0.39 is 0 Å². The van der Waals surface area contributed by atoms with Crippen molar-refractivity contribution in [1.29, 1.82) is 0 Å². The zero-order valence-corrected chi connectivity index (χ0v) is 6.29. The van der Waals surface area contributed by atoms with Crippen LogP contribution in [0.15, 0.2) is 4.99 Å². The number of ether oxygens (including phenoxy) is 1. The first-order valence-electron chi connectivity index (χ1n) is 2.93. The van der Waals surface area contributed by atoms with Crippen LogP contribution in [0.2, 0.25) is 0 Å². The summed E-state index contributed by atoms with van der Waals surface area (Å²) in [5, 5.41) is 0. The minimum absolute atomic E-state index is 0.636. The molecule has 0 aromatic heterocycles. The highest BCUT2D eigenvalue weighted by molar-refractivity contribution is 5.52. The first-order valence-corrected chi connectivity index (χ1v) is 2.93. The van der Waals surface area contributed by atoms with E-state index >= 15 is 0 Å². The molecule has 0 saturated heterocycles. The Balaban J connectivity index is 3.15. The molecule has 0 rings (SSSR count). The minimum Gasteiger partial charge on any atom is -0.369 e. The van der Waals surface area contributed by atoms with Crippen molar-refractivity contribution in [3.05, 3.63) is 0 Å². The quantitative estimate of drug-likeness (QED) is 0.410. The maximum Gasteiger partial charge on any atom is 0.0998 e. The number of hydrogen-bond acceptors (Lipinski definition) is 3. The van der Waals surface area contributed by atoms with Crippen LogP contribution in [0.1, 0.15) is 6.92 Å². The molecule has 0 saturated carbocycles. The van der Waals surface area contributed by atoms with Crippen molar-refractivity contribution in [2.75, 3.05) is 27.6 Å². The molecule has 0 atom stereocenters. The van der Waals surface area contributed by atoms with Gasteiger partial charge in [0.05, 0.1) is 13.4 Å². The van der Waals surface area contributed by atoms with Crippen molar-refractivity contribution in [2.45, 2.75) is 6.92 Å². The predicted molar refractivity (Wildman–Crippen MR) is 38.7 cm³/mol. The molecule has 3 heteroatoms. The topological polar surface area (TPSA) is 24.8 Å². The number of aliphatic imine (C=N–C) groups is 1. The third kappa shape index (κ3) is 5.46. The fourth-order valence-electron chi connectivity index (χ4n) is 0.482. The zero-order valence-electron chi connectivity index (χ0n) is 6.29. The van der Waals surface area contributed by atoms with Gasteiger partial charge in [-0.1, -0.05) is 0 Å². The van der Waals surface area contributed by atoms with Gasteiger partial charge in [0.25, 0.3) is 0 Å². The standard InChI is InChI=1S/C6H14N2O/c1-4-7-5-8(2)6-9-3/h4H,5-6H2,1-3H3/b7-4+. The molecule has 0 bridgehead atoms. The van der Waals surface area contributed by atoms with E-state index in [0.717, 1.165) is 0 Å². The largest absolute Gasteiger partial charge is 0.369 e. The molecule has 0 spiro atoms. The van der Waals surface area contributed by atoms with Gasteiger partial charge >= 0.3 is 0 Å². The van der Waals surface area contributed by atoms with Crippen molar-refractivity contribution in [2.24, 2.45) is 4.99 Å². The Morgan fingerprint density at radius 1 is 1.67 bits per heavy atom. The van der Waals surface area contributed by atoms with E-state index in [1.165, 1.54) is 0 Å². The van der Waals surface area contributed by atoms with E-state index in [1.54, 1.807) is 13.3 Å². The van der Waals surface area contributed by atoms with Gasteiger partial charge in [0.15, 0.2) is 0 Å². The summed E-state index contributed by atoms with van der Waals surface area (Å²) in [6, 6.07) is 0. The van der Waals surface area contributed by atoms with Gasteiger partial charge in [-0.05, 0) is 20.2 Å². The molecule has 0 aromatic carbocycles. The summed E-state index contributed by atoms with van der Waals surface area (Å²) in [5.41, 5.74) is 0. The lowest BCUT2D eigenvalue weighted by molar-refractivity contribution is 0.0842. The van der Waals surface area contributed by atoms with Crippen LogP contribution in [0.3, 0.4) is 0 Å². The summed E-state index contributed by atoms with van der Waals surface area (Å²) in [7, 11) is 3.63. The molecule has 54 valence electrons. The van der Waals surface area contributed by atoms with Crippen LogP contribution >= 0.6 is 0 Å². The van der Waals surface area contributed by atoms with Crippen molar-refractivity contribution < 1.29 is 4.74 Å². The Bertz CT molecular complexity index is 83.1. The van der Waals surface area contributed by atoms with Crippen molar-refractivity contribution in [3.8, 4) is 0 Å². The molecule has 0 N–H and O–H groups in total. The third-order valence-corrected chi connectivity index (χ3v) is 0.855. The van der Waals surface area contributed by atoms with Crippen LogP contribution < -0.4 is 0 Å². The average Bonchev–Trinajstić information content (AvgIpc) is 1.85. The van der Waals surface area contributed by atoms with Crippen LogP contribution in [-0.2, 0) is 4.74 Å². The molecule has 0 heterocycles. The average molecular weight is 130 g/mol. The first kappa shape index (κ1) is 8.59. The third-order valence-electron chi connectivity index (χ3n) is 0.855. The molecule has 0 aliphatic rings. The Morgan fingerprint density at radius 3 is 2.78 bits per heavy atom. The molecule has 0 aliphatic carbocycles. The lowest BCUT2D eigenvalue weighted by Gasteiger charge is -2.10. The SMILES string of the molecule is C/C=N/CN(C)COC. The van der Waals surface area contributed by atoms with Crippen molar-refractivity contribution in [3.63, 3.8) is 0 Å². The second-order valence-corrected chi connectivity index (χ2v) is 1.86. The normalized spacial score (nSPS) is 11.6. The molecule has 0 radical (unpaired) electrons. The maximum absolute atomic E-state index is 4.85. The van der Waals surface area contributed by atoms with Gasteiger partial charge in [-0.3, -0.25) is 9.89 Å². The zero-order chi connectivity index (χ0) is 7.11. The van der Waals surface area contributed by atoms with Crippen molar-refractivity contribution >= 4 is 6.21 Å². The number of rotatable bonds is 4. The Hall–Kier alpha value is -0.410. The smallest absolute Gasteiger partial charge is 0.0998 e. The second kappa shape index (κ2) is 5.72. The van der Waals surface area contributed by atoms with E-state index in [-0.39, 0.29) is 0 Å². The van der Waals surface area contributed by atoms with Crippen LogP contribution in [0.25, 0.3) is 0 Å². The molecule has 3 nitrogen and oxygen atoms in total. The molecular weight excluding hydrogens is 116 g/mol. The summed E-state index contributed by atoms with van der Waals surface area (Å²) >= 11 is 0. The van der Waals surface area contributed by atoms with Gasteiger partial charge in [-0.15, -0.1) is 0 Å². The van der Waals surface area contributed by atoms with Gasteiger partial charge in [-0.2, -0.15) is 0 Å². The van der Waals surface area contributed by atoms with Gasteiger partial charge in [0.1, 0.15) is 0 Å². The lowest BCUT2D eigenvalue weighted by Crippen LogP contribution is -2.20. The summed E-state index contributed by atoms with van der Waals surface area (Å²) in [4.78, 5) is 5.98. The first-order chi connectivity index (χ1) is 4.31. The highest BCUT2D eigenvalue weighted by Crippen LogP contribution is 1.80. The predicted octanol–water partition coefficient (Wildman–Crippen LogP) is 0.570. The molecule has 0 aliphatic heterocycles.